The van der Waals surface area contributed by atoms with Gasteiger partial charge in [0.25, 0.3) is 10.0 Å². The van der Waals surface area contributed by atoms with E-state index in [-0.39, 0.29) is 11.4 Å². The van der Waals surface area contributed by atoms with Crippen LogP contribution in [0.3, 0.4) is 0 Å². The average molecular weight is 491 g/mol. The molecular formula is C27H26N2O3S2. The number of carbonyl (C=O) groups excluding carboxylic acids is 1. The molecule has 1 N–H and O–H groups in total. The van der Waals surface area contributed by atoms with Crippen LogP contribution in [0.15, 0.2) is 94.7 Å². The van der Waals surface area contributed by atoms with E-state index in [2.05, 4.69) is 5.32 Å². The number of sulfonamides is 1. The molecule has 4 aromatic rings. The standard InChI is InChI=1S/C27H26N2O3S2/c1-19-8-6-12-25(20(19)2)29(18-27(30)28-22-14-16-23(33-3)17-15-22)34(31,32)26-13-7-10-21-9-4-5-11-24(21)26/h4-17H,18H2,1-3H3,(H,28,30). The molecule has 0 aromatic heterocycles. The first-order valence-electron chi connectivity index (χ1n) is 10.8. The van der Waals surface area contributed by atoms with Gasteiger partial charge in [-0.05, 0) is 73.0 Å². The highest BCUT2D eigenvalue weighted by Crippen LogP contribution is 2.32. The highest BCUT2D eigenvalue weighted by Gasteiger charge is 2.30. The Hall–Kier alpha value is -3.29. The Labute approximate surface area is 204 Å². The second-order valence-electron chi connectivity index (χ2n) is 7.98. The Morgan fingerprint density at radius 1 is 0.882 bits per heavy atom. The van der Waals surface area contributed by atoms with Gasteiger partial charge < -0.3 is 5.32 Å². The van der Waals surface area contributed by atoms with Gasteiger partial charge in [0.1, 0.15) is 6.54 Å². The third-order valence-corrected chi connectivity index (χ3v) is 8.38. The first kappa shape index (κ1) is 23.9. The molecule has 0 heterocycles. The molecule has 5 nitrogen and oxygen atoms in total. The molecule has 174 valence electrons. The van der Waals surface area contributed by atoms with Gasteiger partial charge in [0, 0.05) is 16.0 Å². The van der Waals surface area contributed by atoms with Gasteiger partial charge in [-0.1, -0.05) is 48.5 Å². The van der Waals surface area contributed by atoms with Gasteiger partial charge in [-0.25, -0.2) is 8.42 Å². The molecule has 0 bridgehead atoms. The van der Waals surface area contributed by atoms with E-state index < -0.39 is 15.9 Å². The molecule has 34 heavy (non-hydrogen) atoms. The van der Waals surface area contributed by atoms with E-state index in [1.165, 1.54) is 4.31 Å². The number of aryl methyl sites for hydroxylation is 1. The van der Waals surface area contributed by atoms with Crippen molar-refractivity contribution in [2.24, 2.45) is 0 Å². The summed E-state index contributed by atoms with van der Waals surface area (Å²) in [6, 6.07) is 25.5. The molecular weight excluding hydrogens is 464 g/mol. The average Bonchev–Trinajstić information content (AvgIpc) is 2.84. The van der Waals surface area contributed by atoms with E-state index in [4.69, 9.17) is 0 Å². The van der Waals surface area contributed by atoms with E-state index in [9.17, 15) is 13.2 Å². The molecule has 0 aliphatic rings. The fourth-order valence-corrected chi connectivity index (χ4v) is 5.95. The molecule has 4 rings (SSSR count). The summed E-state index contributed by atoms with van der Waals surface area (Å²) in [6.45, 7) is 3.45. The lowest BCUT2D eigenvalue weighted by Crippen LogP contribution is -2.38. The molecule has 0 radical (unpaired) electrons. The van der Waals surface area contributed by atoms with Crippen molar-refractivity contribution in [1.29, 1.82) is 0 Å². The van der Waals surface area contributed by atoms with Crippen LogP contribution >= 0.6 is 11.8 Å². The number of amides is 1. The third kappa shape index (κ3) is 4.81. The fraction of sp³-hybridized carbons (Fsp3) is 0.148. The van der Waals surface area contributed by atoms with Crippen molar-refractivity contribution < 1.29 is 13.2 Å². The van der Waals surface area contributed by atoms with Crippen LogP contribution in [-0.2, 0) is 14.8 Å². The minimum atomic E-state index is -4.05. The van der Waals surface area contributed by atoms with Crippen LogP contribution in [0.4, 0.5) is 11.4 Å². The summed E-state index contributed by atoms with van der Waals surface area (Å²) in [5.74, 6) is -0.415. The van der Waals surface area contributed by atoms with Crippen molar-refractivity contribution in [3.63, 3.8) is 0 Å². The van der Waals surface area contributed by atoms with Gasteiger partial charge in [0.05, 0.1) is 10.6 Å². The summed E-state index contributed by atoms with van der Waals surface area (Å²) in [6.07, 6.45) is 1.98. The van der Waals surface area contributed by atoms with Crippen LogP contribution < -0.4 is 9.62 Å². The lowest BCUT2D eigenvalue weighted by atomic mass is 10.1. The number of nitrogens with one attached hydrogen (secondary N) is 1. The van der Waals surface area contributed by atoms with Crippen molar-refractivity contribution in [2.75, 3.05) is 22.4 Å². The van der Waals surface area contributed by atoms with Crippen LogP contribution in [-0.4, -0.2) is 27.1 Å². The number of thioether (sulfide) groups is 1. The first-order valence-corrected chi connectivity index (χ1v) is 13.5. The molecule has 0 atom stereocenters. The van der Waals surface area contributed by atoms with Gasteiger partial charge in [-0.3, -0.25) is 9.10 Å². The summed E-state index contributed by atoms with van der Waals surface area (Å²) in [7, 11) is -4.05. The Morgan fingerprint density at radius 3 is 2.29 bits per heavy atom. The van der Waals surface area contributed by atoms with Gasteiger partial charge >= 0.3 is 0 Å². The normalized spacial score (nSPS) is 11.4. The number of benzene rings is 4. The predicted molar refractivity (Wildman–Crippen MR) is 141 cm³/mol. The van der Waals surface area contributed by atoms with E-state index >= 15 is 0 Å². The summed E-state index contributed by atoms with van der Waals surface area (Å²) in [5, 5.41) is 4.27. The van der Waals surface area contributed by atoms with Gasteiger partial charge in [-0.2, -0.15) is 0 Å². The molecule has 7 heteroatoms. The van der Waals surface area contributed by atoms with E-state index in [1.807, 2.05) is 80.8 Å². The van der Waals surface area contributed by atoms with Crippen LogP contribution in [0.5, 0.6) is 0 Å². The van der Waals surface area contributed by atoms with Crippen LogP contribution in [0.25, 0.3) is 10.8 Å². The van der Waals surface area contributed by atoms with Crippen molar-refractivity contribution in [3.05, 3.63) is 96.1 Å². The van der Waals surface area contributed by atoms with Gasteiger partial charge in [0.2, 0.25) is 5.91 Å². The van der Waals surface area contributed by atoms with Crippen LogP contribution in [0.1, 0.15) is 11.1 Å². The number of carbonyl (C=O) groups is 1. The molecule has 0 spiro atoms. The second kappa shape index (κ2) is 9.91. The highest BCUT2D eigenvalue weighted by molar-refractivity contribution is 7.98. The molecule has 0 aliphatic carbocycles. The molecule has 0 unspecified atom stereocenters. The topological polar surface area (TPSA) is 66.5 Å². The van der Waals surface area contributed by atoms with Crippen LogP contribution in [0.2, 0.25) is 0 Å². The largest absolute Gasteiger partial charge is 0.325 e. The maximum absolute atomic E-state index is 14.0. The summed E-state index contributed by atoms with van der Waals surface area (Å²) in [5.41, 5.74) is 2.86. The lowest BCUT2D eigenvalue weighted by Gasteiger charge is -2.27. The second-order valence-corrected chi connectivity index (χ2v) is 10.7. The number of nitrogens with zero attached hydrogens (tertiary/aromatic N) is 1. The van der Waals surface area contributed by atoms with Crippen molar-refractivity contribution in [1.82, 2.24) is 0 Å². The minimum Gasteiger partial charge on any atom is -0.325 e. The SMILES string of the molecule is CSc1ccc(NC(=O)CN(c2cccc(C)c2C)S(=O)(=O)c2cccc3ccccc23)cc1. The zero-order valence-corrected chi connectivity index (χ0v) is 20.9. The Balaban J connectivity index is 1.76. The smallest absolute Gasteiger partial charge is 0.265 e. The Morgan fingerprint density at radius 2 is 1.56 bits per heavy atom. The molecule has 1 amide bonds. The molecule has 0 aliphatic heterocycles. The molecule has 0 fully saturated rings. The number of anilines is 2. The van der Waals surface area contributed by atoms with Gasteiger partial charge in [-0.15, -0.1) is 11.8 Å². The molecule has 0 saturated heterocycles. The number of hydrogen-bond donors (Lipinski definition) is 1. The van der Waals surface area contributed by atoms with Crippen molar-refractivity contribution in [2.45, 2.75) is 23.6 Å². The third-order valence-electron chi connectivity index (χ3n) is 5.82. The monoisotopic (exact) mass is 490 g/mol. The lowest BCUT2D eigenvalue weighted by molar-refractivity contribution is -0.114. The zero-order chi connectivity index (χ0) is 24.3. The summed E-state index contributed by atoms with van der Waals surface area (Å²) < 4.78 is 29.3. The first-order chi connectivity index (χ1) is 16.3. The number of hydrogen-bond acceptors (Lipinski definition) is 4. The fourth-order valence-electron chi connectivity index (χ4n) is 3.85. The van der Waals surface area contributed by atoms with E-state index in [0.29, 0.717) is 16.8 Å². The predicted octanol–water partition coefficient (Wildman–Crippen LogP) is 6.01. The highest BCUT2D eigenvalue weighted by atomic mass is 32.2. The van der Waals surface area contributed by atoms with E-state index in [1.54, 1.807) is 36.0 Å². The summed E-state index contributed by atoms with van der Waals surface area (Å²) >= 11 is 1.61. The maximum Gasteiger partial charge on any atom is 0.265 e. The Kier molecular flexibility index (Phi) is 6.95. The summed E-state index contributed by atoms with van der Waals surface area (Å²) in [4.78, 5) is 14.3. The van der Waals surface area contributed by atoms with Crippen molar-refractivity contribution in [3.8, 4) is 0 Å². The molecule has 0 saturated carbocycles. The minimum absolute atomic E-state index is 0.170. The van der Waals surface area contributed by atoms with Gasteiger partial charge in [0.15, 0.2) is 0 Å². The zero-order valence-electron chi connectivity index (χ0n) is 19.3. The molecule has 4 aromatic carbocycles. The van der Waals surface area contributed by atoms with E-state index in [0.717, 1.165) is 21.4 Å². The number of rotatable bonds is 7. The quantitative estimate of drug-likeness (QED) is 0.322. The maximum atomic E-state index is 14.0. The number of fused-ring (bicyclic) bond motifs is 1. The van der Waals surface area contributed by atoms with Crippen molar-refractivity contribution >= 4 is 49.8 Å². The Bertz CT molecular complexity index is 1440. The van der Waals surface area contributed by atoms with Crippen LogP contribution in [0, 0.1) is 13.8 Å².